The van der Waals surface area contributed by atoms with E-state index in [2.05, 4.69) is 37.9 Å². The molecule has 0 saturated heterocycles. The lowest BCUT2D eigenvalue weighted by molar-refractivity contribution is 0.102. The minimum Gasteiger partial charge on any atom is -0.379 e. The van der Waals surface area contributed by atoms with Crippen LogP contribution in [-0.4, -0.2) is 37.6 Å². The number of halogens is 1. The molecule has 2 fully saturated rings. The van der Waals surface area contributed by atoms with Crippen LogP contribution in [0.3, 0.4) is 0 Å². The maximum atomic E-state index is 13.9. The lowest BCUT2D eigenvalue weighted by atomic mass is 9.87. The van der Waals surface area contributed by atoms with Crippen molar-refractivity contribution in [2.75, 3.05) is 16.0 Å². The second-order valence-corrected chi connectivity index (χ2v) is 8.65. The molecule has 0 aliphatic heterocycles. The van der Waals surface area contributed by atoms with Crippen LogP contribution in [0, 0.1) is 11.7 Å². The van der Waals surface area contributed by atoms with Gasteiger partial charge in [0.1, 0.15) is 5.82 Å². The summed E-state index contributed by atoms with van der Waals surface area (Å²) in [6, 6.07) is 4.18. The second kappa shape index (κ2) is 10.1. The van der Waals surface area contributed by atoms with Crippen LogP contribution in [0.4, 0.5) is 21.6 Å². The molecule has 2 saturated carbocycles. The summed E-state index contributed by atoms with van der Waals surface area (Å²) in [5, 5.41) is 14.3. The summed E-state index contributed by atoms with van der Waals surface area (Å²) < 4.78 is 15.5. The molecule has 0 atom stereocenters. The van der Waals surface area contributed by atoms with Crippen molar-refractivity contribution in [3.05, 3.63) is 42.2 Å². The molecule has 1 amide bonds. The largest absolute Gasteiger partial charge is 0.379 e. The number of nitrogens with zero attached hydrogens (tertiary/aromatic N) is 4. The first-order valence-corrected chi connectivity index (χ1v) is 11.9. The zero-order valence-corrected chi connectivity index (χ0v) is 19.4. The highest BCUT2D eigenvalue weighted by molar-refractivity contribution is 6.03. The summed E-state index contributed by atoms with van der Waals surface area (Å²) in [7, 11) is 0. The minimum absolute atomic E-state index is 0.0666. The number of fused-ring (bicyclic) bond motifs is 1. The number of hydrogen-bond donors (Lipinski definition) is 3. The van der Waals surface area contributed by atoms with E-state index in [4.69, 9.17) is 0 Å². The number of hydrogen-bond acceptors (Lipinski definition) is 6. The maximum absolute atomic E-state index is 13.9. The highest BCUT2D eigenvalue weighted by Crippen LogP contribution is 2.30. The summed E-state index contributed by atoms with van der Waals surface area (Å²) in [6.45, 7) is 6.29. The Kier molecular flexibility index (Phi) is 7.05. The van der Waals surface area contributed by atoms with Crippen LogP contribution in [0.2, 0.25) is 0 Å². The zero-order chi connectivity index (χ0) is 23.4. The third kappa shape index (κ3) is 5.40. The zero-order valence-electron chi connectivity index (χ0n) is 19.4. The molecule has 2 aliphatic rings. The smallest absolute Gasteiger partial charge is 0.276 e. The molecular formula is C24H32FN7O. The van der Waals surface area contributed by atoms with Gasteiger partial charge in [-0.3, -0.25) is 9.78 Å². The molecule has 0 aromatic carbocycles. The van der Waals surface area contributed by atoms with E-state index in [1.807, 2.05) is 19.9 Å². The van der Waals surface area contributed by atoms with Crippen molar-refractivity contribution in [2.24, 2.45) is 5.92 Å². The topological polar surface area (TPSA) is 96.2 Å². The summed E-state index contributed by atoms with van der Waals surface area (Å²) >= 11 is 0. The Hall–Kier alpha value is -3.23. The Morgan fingerprint density at radius 1 is 1.03 bits per heavy atom. The van der Waals surface area contributed by atoms with Gasteiger partial charge in [0.05, 0.1) is 23.8 Å². The van der Waals surface area contributed by atoms with E-state index in [1.54, 1.807) is 0 Å². The number of amides is 1. The molecule has 3 N–H and O–H groups in total. The fourth-order valence-corrected chi connectivity index (χ4v) is 4.02. The summed E-state index contributed by atoms with van der Waals surface area (Å²) in [5.74, 6) is 0.393. The molecule has 3 aromatic rings. The lowest BCUT2D eigenvalue weighted by Crippen LogP contribution is -2.26. The monoisotopic (exact) mass is 453 g/mol. The van der Waals surface area contributed by atoms with Crippen molar-refractivity contribution in [2.45, 2.75) is 71.4 Å². The van der Waals surface area contributed by atoms with Gasteiger partial charge in [0.25, 0.3) is 5.91 Å². The standard InChI is InChI=1S/C22H26FN7O.C2H6/c1-13-2-4-15(5-3-13)27-20-10-18(26-14-6-7-14)21-25-12-19(30(21)29-20)22(31)28-17-8-9-24-11-16(17)23;1-2/h8-15,26H,2-7H2,1H3,(H,27,29)(H,24,28,31);1-2H3. The average Bonchev–Trinajstić information content (AvgIpc) is 3.53. The normalized spacial score (nSPS) is 20.0. The highest BCUT2D eigenvalue weighted by atomic mass is 19.1. The van der Waals surface area contributed by atoms with Gasteiger partial charge < -0.3 is 16.0 Å². The third-order valence-electron chi connectivity index (χ3n) is 6.03. The number of nitrogens with one attached hydrogen (secondary N) is 3. The average molecular weight is 454 g/mol. The molecule has 176 valence electrons. The van der Waals surface area contributed by atoms with Crippen LogP contribution in [-0.2, 0) is 0 Å². The van der Waals surface area contributed by atoms with Gasteiger partial charge >= 0.3 is 0 Å². The number of rotatable bonds is 6. The van der Waals surface area contributed by atoms with Crippen molar-refractivity contribution in [3.8, 4) is 0 Å². The highest BCUT2D eigenvalue weighted by Gasteiger charge is 2.25. The van der Waals surface area contributed by atoms with Crippen molar-refractivity contribution < 1.29 is 9.18 Å². The fourth-order valence-electron chi connectivity index (χ4n) is 4.02. The van der Waals surface area contributed by atoms with Crippen LogP contribution >= 0.6 is 0 Å². The predicted octanol–water partition coefficient (Wildman–Crippen LogP) is 5.11. The summed E-state index contributed by atoms with van der Waals surface area (Å²) in [6.07, 6.45) is 10.8. The Balaban J connectivity index is 0.00000126. The number of carbonyl (C=O) groups is 1. The van der Waals surface area contributed by atoms with Gasteiger partial charge in [-0.15, -0.1) is 5.10 Å². The number of imidazole rings is 1. The molecular weight excluding hydrogens is 421 g/mol. The molecule has 0 bridgehead atoms. The van der Waals surface area contributed by atoms with Gasteiger partial charge in [-0.1, -0.05) is 20.8 Å². The number of pyridine rings is 1. The summed E-state index contributed by atoms with van der Waals surface area (Å²) in [5.41, 5.74) is 1.73. The Morgan fingerprint density at radius 3 is 2.42 bits per heavy atom. The van der Waals surface area contributed by atoms with Gasteiger partial charge in [-0.25, -0.2) is 13.9 Å². The van der Waals surface area contributed by atoms with Gasteiger partial charge in [0.15, 0.2) is 17.2 Å². The number of aromatic nitrogens is 4. The van der Waals surface area contributed by atoms with Crippen molar-refractivity contribution in [1.82, 2.24) is 19.6 Å². The number of carbonyl (C=O) groups excluding carboxylic acids is 1. The van der Waals surface area contributed by atoms with E-state index in [9.17, 15) is 9.18 Å². The first-order chi connectivity index (χ1) is 16.1. The maximum Gasteiger partial charge on any atom is 0.276 e. The molecule has 9 heteroatoms. The van der Waals surface area contributed by atoms with Crippen LogP contribution in [0.15, 0.2) is 30.7 Å². The fraction of sp³-hybridized carbons (Fsp3) is 0.500. The van der Waals surface area contributed by atoms with E-state index < -0.39 is 11.7 Å². The van der Waals surface area contributed by atoms with Crippen LogP contribution in [0.5, 0.6) is 0 Å². The Labute approximate surface area is 193 Å². The van der Waals surface area contributed by atoms with Gasteiger partial charge in [0, 0.05) is 24.3 Å². The molecule has 2 aliphatic carbocycles. The van der Waals surface area contributed by atoms with Crippen molar-refractivity contribution in [1.29, 1.82) is 0 Å². The number of anilines is 3. The van der Waals surface area contributed by atoms with Crippen molar-refractivity contribution >= 4 is 28.7 Å². The van der Waals surface area contributed by atoms with E-state index in [1.165, 1.54) is 35.8 Å². The molecule has 3 aromatic heterocycles. The van der Waals surface area contributed by atoms with E-state index >= 15 is 0 Å². The van der Waals surface area contributed by atoms with Crippen molar-refractivity contribution in [3.63, 3.8) is 0 Å². The minimum atomic E-state index is -0.595. The molecule has 0 spiro atoms. The lowest BCUT2D eigenvalue weighted by Gasteiger charge is -2.27. The third-order valence-corrected chi connectivity index (χ3v) is 6.03. The van der Waals surface area contributed by atoms with E-state index in [0.717, 1.165) is 43.5 Å². The second-order valence-electron chi connectivity index (χ2n) is 8.65. The molecule has 0 unspecified atom stereocenters. The predicted molar refractivity (Wildman–Crippen MR) is 128 cm³/mol. The first kappa shape index (κ1) is 22.9. The molecule has 0 radical (unpaired) electrons. The Morgan fingerprint density at radius 2 is 1.73 bits per heavy atom. The van der Waals surface area contributed by atoms with E-state index in [0.29, 0.717) is 23.5 Å². The van der Waals surface area contributed by atoms with Gasteiger partial charge in [0.2, 0.25) is 0 Å². The molecule has 3 heterocycles. The van der Waals surface area contributed by atoms with Gasteiger partial charge in [-0.2, -0.15) is 0 Å². The first-order valence-electron chi connectivity index (χ1n) is 11.9. The van der Waals surface area contributed by atoms with E-state index in [-0.39, 0.29) is 11.4 Å². The van der Waals surface area contributed by atoms with Crippen LogP contribution in [0.25, 0.3) is 5.65 Å². The SMILES string of the molecule is CC.CC1CCC(Nc2cc(NC3CC3)c3ncc(C(=O)Nc4ccncc4F)n3n2)CC1. The molecule has 8 nitrogen and oxygen atoms in total. The quantitative estimate of drug-likeness (QED) is 0.480. The van der Waals surface area contributed by atoms with Crippen LogP contribution < -0.4 is 16.0 Å². The summed E-state index contributed by atoms with van der Waals surface area (Å²) in [4.78, 5) is 21.0. The molecule has 5 rings (SSSR count). The van der Waals surface area contributed by atoms with Gasteiger partial charge in [-0.05, 0) is 50.5 Å². The van der Waals surface area contributed by atoms with Crippen LogP contribution in [0.1, 0.15) is 69.8 Å². The molecule has 33 heavy (non-hydrogen) atoms. The Bertz CT molecular complexity index is 1100.